The molecule has 1 aliphatic heterocycles. The zero-order chi connectivity index (χ0) is 16.8. The molecule has 0 bridgehead atoms. The maximum Gasteiger partial charge on any atom is 0.220 e. The summed E-state index contributed by atoms with van der Waals surface area (Å²) >= 11 is 5.86. The lowest BCUT2D eigenvalue weighted by Crippen LogP contribution is -2.41. The predicted octanol–water partition coefficient (Wildman–Crippen LogP) is 3.04. The molecule has 2 amide bonds. The molecule has 1 heterocycles. The summed E-state index contributed by atoms with van der Waals surface area (Å²) in [5.41, 5.74) is 1.10. The molecule has 1 N–H and O–H groups in total. The lowest BCUT2D eigenvalue weighted by atomic mass is 9.98. The molecule has 5 heteroatoms. The summed E-state index contributed by atoms with van der Waals surface area (Å²) < 4.78 is 0. The average molecular weight is 337 g/mol. The summed E-state index contributed by atoms with van der Waals surface area (Å²) in [6.45, 7) is 5.11. The van der Waals surface area contributed by atoms with Crippen molar-refractivity contribution in [1.82, 2.24) is 10.2 Å². The lowest BCUT2D eigenvalue weighted by molar-refractivity contribution is -0.128. The van der Waals surface area contributed by atoms with Crippen molar-refractivity contribution in [2.24, 2.45) is 5.92 Å². The Morgan fingerprint density at radius 3 is 2.57 bits per heavy atom. The lowest BCUT2D eigenvalue weighted by Gasteiger charge is -2.19. The summed E-state index contributed by atoms with van der Waals surface area (Å²) in [4.78, 5) is 25.6. The zero-order valence-corrected chi connectivity index (χ0v) is 14.6. The maximum absolute atomic E-state index is 12.2. The smallest absolute Gasteiger partial charge is 0.220 e. The van der Waals surface area contributed by atoms with E-state index in [0.29, 0.717) is 30.3 Å². The fraction of sp³-hybridized carbons (Fsp3) is 0.556. The molecule has 23 heavy (non-hydrogen) atoms. The largest absolute Gasteiger partial charge is 0.351 e. The third-order valence-electron chi connectivity index (χ3n) is 4.45. The van der Waals surface area contributed by atoms with Crippen molar-refractivity contribution in [3.05, 3.63) is 34.9 Å². The molecule has 1 saturated heterocycles. The Kier molecular flexibility index (Phi) is 6.46. The molecule has 0 unspecified atom stereocenters. The van der Waals surface area contributed by atoms with Gasteiger partial charge in [0.05, 0.1) is 6.04 Å². The van der Waals surface area contributed by atoms with Gasteiger partial charge in [-0.05, 0) is 36.5 Å². The molecule has 0 aromatic heterocycles. The van der Waals surface area contributed by atoms with E-state index in [1.54, 1.807) is 6.92 Å². The number of nitrogens with one attached hydrogen (secondary N) is 1. The van der Waals surface area contributed by atoms with Crippen LogP contribution < -0.4 is 5.32 Å². The molecular formula is C18H25ClN2O2. The Morgan fingerprint density at radius 1 is 1.26 bits per heavy atom. The van der Waals surface area contributed by atoms with E-state index in [-0.39, 0.29) is 17.9 Å². The predicted molar refractivity (Wildman–Crippen MR) is 92.4 cm³/mol. The number of carbonyl (C=O) groups excluding carboxylic acids is 2. The number of rotatable bonds is 6. The minimum atomic E-state index is 0.0523. The Morgan fingerprint density at radius 2 is 1.96 bits per heavy atom. The first-order valence-electron chi connectivity index (χ1n) is 8.29. The molecule has 1 fully saturated rings. The summed E-state index contributed by atoms with van der Waals surface area (Å²) in [6.07, 6.45) is 3.25. The normalized spacial score (nSPS) is 20.6. The van der Waals surface area contributed by atoms with Gasteiger partial charge in [0.1, 0.15) is 0 Å². The third kappa shape index (κ3) is 5.24. The minimum absolute atomic E-state index is 0.0523. The number of hydrogen-bond donors (Lipinski definition) is 1. The van der Waals surface area contributed by atoms with Gasteiger partial charge in [0.2, 0.25) is 11.8 Å². The van der Waals surface area contributed by atoms with E-state index in [0.717, 1.165) is 24.9 Å². The number of likely N-dealkylation sites (tertiary alicyclic amines) is 1. The fourth-order valence-electron chi connectivity index (χ4n) is 3.14. The van der Waals surface area contributed by atoms with Crippen LogP contribution in [0.1, 0.15) is 38.7 Å². The molecule has 1 aromatic carbocycles. The van der Waals surface area contributed by atoms with Crippen LogP contribution in [0.2, 0.25) is 5.02 Å². The van der Waals surface area contributed by atoms with Crippen molar-refractivity contribution in [2.75, 3.05) is 13.1 Å². The van der Waals surface area contributed by atoms with Crippen molar-refractivity contribution in [3.8, 4) is 0 Å². The topological polar surface area (TPSA) is 49.4 Å². The SMILES string of the molecule is CCC[C@H]1CN(C(C)=O)C[C@@H]1NC(=O)CCc1ccc(Cl)cc1. The van der Waals surface area contributed by atoms with Gasteiger partial charge in [-0.3, -0.25) is 9.59 Å². The van der Waals surface area contributed by atoms with Gasteiger partial charge in [-0.2, -0.15) is 0 Å². The number of halogens is 1. The number of benzene rings is 1. The van der Waals surface area contributed by atoms with E-state index >= 15 is 0 Å². The zero-order valence-electron chi connectivity index (χ0n) is 13.8. The van der Waals surface area contributed by atoms with Crippen LogP contribution in [0.5, 0.6) is 0 Å². The van der Waals surface area contributed by atoms with Gasteiger partial charge in [-0.1, -0.05) is 37.1 Å². The van der Waals surface area contributed by atoms with Crippen LogP contribution in [0.25, 0.3) is 0 Å². The van der Waals surface area contributed by atoms with Crippen molar-refractivity contribution in [3.63, 3.8) is 0 Å². The quantitative estimate of drug-likeness (QED) is 0.868. The molecule has 126 valence electrons. The van der Waals surface area contributed by atoms with Crippen LogP contribution in [-0.2, 0) is 16.0 Å². The van der Waals surface area contributed by atoms with Gasteiger partial charge in [0.25, 0.3) is 0 Å². The second-order valence-electron chi connectivity index (χ2n) is 6.27. The second kappa shape index (κ2) is 8.34. The molecule has 0 spiro atoms. The number of hydrogen-bond acceptors (Lipinski definition) is 2. The molecule has 4 nitrogen and oxygen atoms in total. The van der Waals surface area contributed by atoms with Crippen molar-refractivity contribution >= 4 is 23.4 Å². The Labute approximate surface area is 143 Å². The highest BCUT2D eigenvalue weighted by molar-refractivity contribution is 6.30. The molecular weight excluding hydrogens is 312 g/mol. The van der Waals surface area contributed by atoms with Crippen LogP contribution in [0, 0.1) is 5.92 Å². The van der Waals surface area contributed by atoms with Crippen LogP contribution >= 0.6 is 11.6 Å². The Hall–Kier alpha value is -1.55. The first-order valence-corrected chi connectivity index (χ1v) is 8.66. The minimum Gasteiger partial charge on any atom is -0.351 e. The second-order valence-corrected chi connectivity index (χ2v) is 6.71. The standard InChI is InChI=1S/C18H25ClN2O2/c1-3-4-15-11-21(13(2)22)12-17(15)20-18(23)10-7-14-5-8-16(19)9-6-14/h5-6,8-9,15,17H,3-4,7,10-12H2,1-2H3,(H,20,23)/t15-,17-/m0/s1. The summed E-state index contributed by atoms with van der Waals surface area (Å²) in [5.74, 6) is 0.504. The van der Waals surface area contributed by atoms with Crippen molar-refractivity contribution < 1.29 is 9.59 Å². The Balaban J connectivity index is 1.85. The number of aryl methyl sites for hydroxylation is 1. The van der Waals surface area contributed by atoms with Gasteiger partial charge < -0.3 is 10.2 Å². The van der Waals surface area contributed by atoms with Gasteiger partial charge in [-0.25, -0.2) is 0 Å². The highest BCUT2D eigenvalue weighted by Crippen LogP contribution is 2.22. The fourth-order valence-corrected chi connectivity index (χ4v) is 3.27. The average Bonchev–Trinajstić information content (AvgIpc) is 2.90. The highest BCUT2D eigenvalue weighted by atomic mass is 35.5. The molecule has 0 radical (unpaired) electrons. The van der Waals surface area contributed by atoms with E-state index in [9.17, 15) is 9.59 Å². The van der Waals surface area contributed by atoms with Gasteiger partial charge >= 0.3 is 0 Å². The van der Waals surface area contributed by atoms with E-state index in [2.05, 4.69) is 12.2 Å². The van der Waals surface area contributed by atoms with Gasteiger partial charge in [-0.15, -0.1) is 0 Å². The third-order valence-corrected chi connectivity index (χ3v) is 4.70. The summed E-state index contributed by atoms with van der Waals surface area (Å²) in [5, 5.41) is 3.83. The number of carbonyl (C=O) groups is 2. The van der Waals surface area contributed by atoms with E-state index in [1.165, 1.54) is 0 Å². The first-order chi connectivity index (χ1) is 11.0. The molecule has 1 aliphatic rings. The monoisotopic (exact) mass is 336 g/mol. The van der Waals surface area contributed by atoms with Crippen LogP contribution in [0.4, 0.5) is 0 Å². The van der Waals surface area contributed by atoms with E-state index in [4.69, 9.17) is 11.6 Å². The van der Waals surface area contributed by atoms with E-state index < -0.39 is 0 Å². The molecule has 2 atom stereocenters. The maximum atomic E-state index is 12.2. The first kappa shape index (κ1) is 17.8. The summed E-state index contributed by atoms with van der Waals surface area (Å²) in [6, 6.07) is 7.66. The number of amides is 2. The molecule has 1 aromatic rings. The van der Waals surface area contributed by atoms with Crippen LogP contribution in [0.15, 0.2) is 24.3 Å². The van der Waals surface area contributed by atoms with Crippen LogP contribution in [-0.4, -0.2) is 35.8 Å². The molecule has 2 rings (SSSR count). The van der Waals surface area contributed by atoms with Crippen molar-refractivity contribution in [1.29, 1.82) is 0 Å². The van der Waals surface area contributed by atoms with Crippen molar-refractivity contribution in [2.45, 2.75) is 45.6 Å². The van der Waals surface area contributed by atoms with Gasteiger partial charge in [0.15, 0.2) is 0 Å². The van der Waals surface area contributed by atoms with E-state index in [1.807, 2.05) is 29.2 Å². The Bertz CT molecular complexity index is 544. The van der Waals surface area contributed by atoms with Crippen LogP contribution in [0.3, 0.4) is 0 Å². The molecule has 0 aliphatic carbocycles. The number of nitrogens with zero attached hydrogens (tertiary/aromatic N) is 1. The molecule has 0 saturated carbocycles. The van der Waals surface area contributed by atoms with Gasteiger partial charge in [0, 0.05) is 31.5 Å². The highest BCUT2D eigenvalue weighted by Gasteiger charge is 2.34. The summed E-state index contributed by atoms with van der Waals surface area (Å²) in [7, 11) is 0.